The fourth-order valence-corrected chi connectivity index (χ4v) is 3.52. The smallest absolute Gasteiger partial charge is 0.225 e. The molecule has 0 unspecified atom stereocenters. The van der Waals surface area contributed by atoms with Crippen molar-refractivity contribution in [1.82, 2.24) is 4.90 Å². The van der Waals surface area contributed by atoms with Gasteiger partial charge in [-0.3, -0.25) is 4.79 Å². The van der Waals surface area contributed by atoms with Crippen LogP contribution in [0, 0.1) is 11.3 Å². The Morgan fingerprint density at radius 3 is 2.56 bits per heavy atom. The number of likely N-dealkylation sites (tertiary alicyclic amines) is 1. The zero-order valence-corrected chi connectivity index (χ0v) is 12.1. The third-order valence-electron chi connectivity index (χ3n) is 4.33. The molecule has 1 amide bonds. The van der Waals surface area contributed by atoms with E-state index in [1.807, 2.05) is 0 Å². The lowest BCUT2D eigenvalue weighted by Crippen LogP contribution is -2.41. The van der Waals surface area contributed by atoms with Crippen molar-refractivity contribution in [2.45, 2.75) is 71.4 Å². The van der Waals surface area contributed by atoms with Crippen LogP contribution in [0.25, 0.3) is 0 Å². The van der Waals surface area contributed by atoms with Crippen LogP contribution in [0.5, 0.6) is 0 Å². The van der Waals surface area contributed by atoms with Gasteiger partial charge in [0.1, 0.15) is 0 Å². The molecule has 0 aromatic heterocycles. The van der Waals surface area contributed by atoms with Gasteiger partial charge in [0.05, 0.1) is 0 Å². The van der Waals surface area contributed by atoms with Gasteiger partial charge in [0, 0.05) is 24.5 Å². The SMILES string of the molecule is CC(C)(C)C[C@@H]1CCCN1C(=O)[C@@H]1CC[C@H](N)C1. The first-order valence-electron chi connectivity index (χ1n) is 7.43. The van der Waals surface area contributed by atoms with Crippen molar-refractivity contribution < 1.29 is 4.79 Å². The van der Waals surface area contributed by atoms with Crippen molar-refractivity contribution in [1.29, 1.82) is 0 Å². The van der Waals surface area contributed by atoms with Crippen molar-refractivity contribution in [2.24, 2.45) is 17.1 Å². The van der Waals surface area contributed by atoms with Crippen LogP contribution in [0.3, 0.4) is 0 Å². The second-order valence-corrected chi connectivity index (χ2v) is 7.36. The third-order valence-corrected chi connectivity index (χ3v) is 4.33. The molecule has 1 saturated heterocycles. The maximum Gasteiger partial charge on any atom is 0.225 e. The number of nitrogens with two attached hydrogens (primary N) is 1. The Bertz CT molecular complexity index is 308. The molecule has 3 atom stereocenters. The van der Waals surface area contributed by atoms with E-state index in [0.717, 1.165) is 32.2 Å². The predicted octanol–water partition coefficient (Wildman–Crippen LogP) is 2.54. The third kappa shape index (κ3) is 3.25. The van der Waals surface area contributed by atoms with E-state index in [1.54, 1.807) is 0 Å². The lowest BCUT2D eigenvalue weighted by Gasteiger charge is -2.32. The highest BCUT2D eigenvalue weighted by Gasteiger charge is 2.37. The van der Waals surface area contributed by atoms with Crippen molar-refractivity contribution in [2.75, 3.05) is 6.54 Å². The first-order valence-corrected chi connectivity index (χ1v) is 7.43. The van der Waals surface area contributed by atoms with Gasteiger partial charge in [-0.05, 0) is 43.9 Å². The summed E-state index contributed by atoms with van der Waals surface area (Å²) in [4.78, 5) is 14.7. The Morgan fingerprint density at radius 2 is 2.00 bits per heavy atom. The monoisotopic (exact) mass is 252 g/mol. The van der Waals surface area contributed by atoms with Crippen molar-refractivity contribution in [3.05, 3.63) is 0 Å². The average molecular weight is 252 g/mol. The van der Waals surface area contributed by atoms with Crippen LogP contribution >= 0.6 is 0 Å². The van der Waals surface area contributed by atoms with Crippen LogP contribution in [0.15, 0.2) is 0 Å². The minimum Gasteiger partial charge on any atom is -0.339 e. The molecule has 0 radical (unpaired) electrons. The Hall–Kier alpha value is -0.570. The first-order chi connectivity index (χ1) is 8.37. The highest BCUT2D eigenvalue weighted by molar-refractivity contribution is 5.79. The van der Waals surface area contributed by atoms with E-state index in [1.165, 1.54) is 12.8 Å². The zero-order chi connectivity index (χ0) is 13.3. The van der Waals surface area contributed by atoms with E-state index in [4.69, 9.17) is 5.73 Å². The topological polar surface area (TPSA) is 46.3 Å². The van der Waals surface area contributed by atoms with Crippen molar-refractivity contribution in [3.8, 4) is 0 Å². The highest BCUT2D eigenvalue weighted by atomic mass is 16.2. The van der Waals surface area contributed by atoms with Crippen LogP contribution in [0.2, 0.25) is 0 Å². The average Bonchev–Trinajstić information content (AvgIpc) is 2.84. The Balaban J connectivity index is 1.96. The van der Waals surface area contributed by atoms with Crippen LogP contribution in [-0.4, -0.2) is 29.4 Å². The van der Waals surface area contributed by atoms with Crippen LogP contribution < -0.4 is 5.73 Å². The maximum absolute atomic E-state index is 12.6. The number of nitrogens with zero attached hydrogens (tertiary/aromatic N) is 1. The Labute approximate surface area is 111 Å². The summed E-state index contributed by atoms with van der Waals surface area (Å²) in [6.45, 7) is 7.75. The number of hydrogen-bond donors (Lipinski definition) is 1. The summed E-state index contributed by atoms with van der Waals surface area (Å²) in [5, 5.41) is 0. The molecule has 1 saturated carbocycles. The summed E-state index contributed by atoms with van der Waals surface area (Å²) < 4.78 is 0. The summed E-state index contributed by atoms with van der Waals surface area (Å²) in [6, 6.07) is 0.719. The normalized spacial score (nSPS) is 33.1. The van der Waals surface area contributed by atoms with Gasteiger partial charge in [0.2, 0.25) is 5.91 Å². The van der Waals surface area contributed by atoms with Crippen LogP contribution in [-0.2, 0) is 4.79 Å². The summed E-state index contributed by atoms with van der Waals surface area (Å²) in [5.74, 6) is 0.593. The predicted molar refractivity (Wildman–Crippen MR) is 74.1 cm³/mol. The number of carbonyl (C=O) groups excluding carboxylic acids is 1. The van der Waals surface area contributed by atoms with Gasteiger partial charge in [0.15, 0.2) is 0 Å². The molecule has 2 rings (SSSR count). The minimum absolute atomic E-state index is 0.209. The second-order valence-electron chi connectivity index (χ2n) is 7.36. The molecule has 0 spiro atoms. The lowest BCUT2D eigenvalue weighted by atomic mass is 9.87. The van der Waals surface area contributed by atoms with Gasteiger partial charge in [0.25, 0.3) is 0 Å². The van der Waals surface area contributed by atoms with Crippen LogP contribution in [0.4, 0.5) is 0 Å². The molecule has 3 nitrogen and oxygen atoms in total. The van der Waals surface area contributed by atoms with E-state index in [2.05, 4.69) is 25.7 Å². The molecule has 1 heterocycles. The molecule has 0 bridgehead atoms. The van der Waals surface area contributed by atoms with Crippen LogP contribution in [0.1, 0.15) is 59.3 Å². The number of amides is 1. The molecule has 0 aromatic carbocycles. The van der Waals surface area contributed by atoms with Gasteiger partial charge in [-0.2, -0.15) is 0 Å². The van der Waals surface area contributed by atoms with Gasteiger partial charge in [-0.25, -0.2) is 0 Å². The molecule has 1 aliphatic heterocycles. The molecule has 0 aromatic rings. The number of carbonyl (C=O) groups is 1. The fourth-order valence-electron chi connectivity index (χ4n) is 3.52. The lowest BCUT2D eigenvalue weighted by molar-refractivity contribution is -0.136. The zero-order valence-electron chi connectivity index (χ0n) is 12.1. The number of hydrogen-bond acceptors (Lipinski definition) is 2. The van der Waals surface area contributed by atoms with E-state index < -0.39 is 0 Å². The quantitative estimate of drug-likeness (QED) is 0.821. The second kappa shape index (κ2) is 5.20. The van der Waals surface area contributed by atoms with Gasteiger partial charge in [-0.15, -0.1) is 0 Å². The largest absolute Gasteiger partial charge is 0.339 e. The summed E-state index contributed by atoms with van der Waals surface area (Å²) in [5.41, 5.74) is 6.23. The standard InChI is InChI=1S/C15H28N2O/c1-15(2,3)10-13-5-4-8-17(13)14(18)11-6-7-12(16)9-11/h11-13H,4-10,16H2,1-3H3/t11-,12+,13+/m1/s1. The summed E-state index contributed by atoms with van der Waals surface area (Å²) in [6.07, 6.45) is 6.40. The maximum atomic E-state index is 12.6. The molecule has 1 aliphatic carbocycles. The highest BCUT2D eigenvalue weighted by Crippen LogP contribution is 2.33. The Morgan fingerprint density at radius 1 is 1.28 bits per heavy atom. The van der Waals surface area contributed by atoms with E-state index in [0.29, 0.717) is 17.4 Å². The van der Waals surface area contributed by atoms with E-state index in [9.17, 15) is 4.79 Å². The molecular weight excluding hydrogens is 224 g/mol. The summed E-state index contributed by atoms with van der Waals surface area (Å²) >= 11 is 0. The van der Waals surface area contributed by atoms with Gasteiger partial charge >= 0.3 is 0 Å². The van der Waals surface area contributed by atoms with Gasteiger partial charge in [-0.1, -0.05) is 20.8 Å². The Kier molecular flexibility index (Phi) is 4.00. The molecule has 2 N–H and O–H groups in total. The van der Waals surface area contributed by atoms with E-state index in [-0.39, 0.29) is 12.0 Å². The van der Waals surface area contributed by atoms with Crippen molar-refractivity contribution >= 4 is 5.91 Å². The minimum atomic E-state index is 0.209. The molecule has 18 heavy (non-hydrogen) atoms. The molecule has 2 aliphatic rings. The first kappa shape index (κ1) is 13.9. The summed E-state index contributed by atoms with van der Waals surface area (Å²) in [7, 11) is 0. The van der Waals surface area contributed by atoms with E-state index >= 15 is 0 Å². The molecule has 3 heteroatoms. The van der Waals surface area contributed by atoms with Gasteiger partial charge < -0.3 is 10.6 Å². The van der Waals surface area contributed by atoms with Crippen molar-refractivity contribution in [3.63, 3.8) is 0 Å². The number of rotatable bonds is 2. The molecule has 104 valence electrons. The molecular formula is C15H28N2O. The molecule has 2 fully saturated rings. The fraction of sp³-hybridized carbons (Fsp3) is 0.933.